The fourth-order valence-corrected chi connectivity index (χ4v) is 3.75. The third kappa shape index (κ3) is 3.21. The second kappa shape index (κ2) is 6.90. The van der Waals surface area contributed by atoms with Crippen LogP contribution in [0.4, 0.5) is 11.4 Å². The van der Waals surface area contributed by atoms with Gasteiger partial charge < -0.3 is 19.7 Å². The summed E-state index contributed by atoms with van der Waals surface area (Å²) in [4.78, 5) is 14.8. The molecule has 2 aromatic carbocycles. The third-order valence-corrected chi connectivity index (χ3v) is 4.89. The molecule has 1 N–H and O–H groups in total. The lowest BCUT2D eigenvalue weighted by Gasteiger charge is -2.20. The highest BCUT2D eigenvalue weighted by Gasteiger charge is 2.24. The molecule has 2 heterocycles. The first-order valence-corrected chi connectivity index (χ1v) is 9.23. The molecular weight excluding hydrogens is 328 g/mol. The van der Waals surface area contributed by atoms with Gasteiger partial charge in [0, 0.05) is 30.3 Å². The molecule has 0 bridgehead atoms. The van der Waals surface area contributed by atoms with Crippen molar-refractivity contribution in [3.05, 3.63) is 47.5 Å². The van der Waals surface area contributed by atoms with E-state index in [-0.39, 0.29) is 12.0 Å². The molecule has 2 aliphatic rings. The molecule has 0 saturated heterocycles. The van der Waals surface area contributed by atoms with E-state index in [1.165, 1.54) is 5.56 Å². The van der Waals surface area contributed by atoms with E-state index in [1.54, 1.807) is 0 Å². The number of para-hydroxylation sites is 1. The minimum atomic E-state index is -0.0475. The smallest absolute Gasteiger partial charge is 0.243 e. The number of nitrogens with zero attached hydrogens (tertiary/aromatic N) is 1. The van der Waals surface area contributed by atoms with Crippen LogP contribution >= 0.6 is 0 Å². The molecule has 1 atom stereocenters. The van der Waals surface area contributed by atoms with E-state index >= 15 is 0 Å². The predicted molar refractivity (Wildman–Crippen MR) is 102 cm³/mol. The predicted octanol–water partition coefficient (Wildman–Crippen LogP) is 3.41. The van der Waals surface area contributed by atoms with Crippen molar-refractivity contribution >= 4 is 17.3 Å². The van der Waals surface area contributed by atoms with Crippen LogP contribution in [-0.2, 0) is 17.6 Å². The van der Waals surface area contributed by atoms with Gasteiger partial charge in [0.1, 0.15) is 17.6 Å². The Morgan fingerprint density at radius 2 is 2.15 bits per heavy atom. The van der Waals surface area contributed by atoms with Gasteiger partial charge in [-0.1, -0.05) is 18.2 Å². The number of ether oxygens (including phenoxy) is 2. The molecule has 136 valence electrons. The fourth-order valence-electron chi connectivity index (χ4n) is 3.75. The van der Waals surface area contributed by atoms with Crippen LogP contribution in [0, 0.1) is 0 Å². The first-order valence-electron chi connectivity index (χ1n) is 9.23. The van der Waals surface area contributed by atoms with Gasteiger partial charge in [0.05, 0.1) is 18.8 Å². The molecular formula is C21H24N2O3. The van der Waals surface area contributed by atoms with Gasteiger partial charge >= 0.3 is 0 Å². The number of anilines is 2. The van der Waals surface area contributed by atoms with Gasteiger partial charge in [-0.3, -0.25) is 4.79 Å². The summed E-state index contributed by atoms with van der Waals surface area (Å²) >= 11 is 0. The van der Waals surface area contributed by atoms with Gasteiger partial charge in [-0.05, 0) is 38.0 Å². The van der Waals surface area contributed by atoms with E-state index in [9.17, 15) is 4.79 Å². The summed E-state index contributed by atoms with van der Waals surface area (Å²) in [5.41, 5.74) is 4.26. The number of carbonyl (C=O) groups is 1. The summed E-state index contributed by atoms with van der Waals surface area (Å²) in [6.07, 6.45) is 2.01. The monoisotopic (exact) mass is 352 g/mol. The molecule has 5 nitrogen and oxygen atoms in total. The SMILES string of the molecule is CCOc1cc2c(cc1NC(=O)CN1CCc3ccccc31)OC(C)C2. The molecule has 5 heteroatoms. The molecule has 0 spiro atoms. The Bertz CT molecular complexity index is 834. The fraction of sp³-hybridized carbons (Fsp3) is 0.381. The number of hydrogen-bond donors (Lipinski definition) is 1. The average Bonchev–Trinajstić information content (AvgIpc) is 3.18. The maximum Gasteiger partial charge on any atom is 0.243 e. The summed E-state index contributed by atoms with van der Waals surface area (Å²) in [5.74, 6) is 1.50. The van der Waals surface area contributed by atoms with E-state index in [4.69, 9.17) is 9.47 Å². The van der Waals surface area contributed by atoms with Crippen LogP contribution in [0.15, 0.2) is 36.4 Å². The van der Waals surface area contributed by atoms with Gasteiger partial charge in [0.25, 0.3) is 0 Å². The Hall–Kier alpha value is -2.69. The summed E-state index contributed by atoms with van der Waals surface area (Å²) < 4.78 is 11.6. The van der Waals surface area contributed by atoms with E-state index in [0.717, 1.165) is 36.4 Å². The van der Waals surface area contributed by atoms with Gasteiger partial charge in [0.15, 0.2) is 0 Å². The topological polar surface area (TPSA) is 50.8 Å². The number of carbonyl (C=O) groups excluding carboxylic acids is 1. The van der Waals surface area contributed by atoms with Crippen molar-refractivity contribution < 1.29 is 14.3 Å². The van der Waals surface area contributed by atoms with Gasteiger partial charge in [-0.15, -0.1) is 0 Å². The molecule has 0 aliphatic carbocycles. The minimum Gasteiger partial charge on any atom is -0.492 e. The standard InChI is InChI=1S/C21H24N2O3/c1-3-25-20-11-16-10-14(2)26-19(16)12-17(20)22-21(24)13-23-9-8-15-6-4-5-7-18(15)23/h4-7,11-12,14H,3,8-10,13H2,1-2H3,(H,22,24). The van der Waals surface area contributed by atoms with Crippen LogP contribution in [-0.4, -0.2) is 31.7 Å². The number of rotatable bonds is 5. The molecule has 26 heavy (non-hydrogen) atoms. The van der Waals surface area contributed by atoms with Crippen LogP contribution in [0.5, 0.6) is 11.5 Å². The maximum atomic E-state index is 12.7. The summed E-state index contributed by atoms with van der Waals surface area (Å²) in [6, 6.07) is 12.1. The van der Waals surface area contributed by atoms with Gasteiger partial charge in [0.2, 0.25) is 5.91 Å². The molecule has 2 aliphatic heterocycles. The molecule has 4 rings (SSSR count). The van der Waals surface area contributed by atoms with Crippen molar-refractivity contribution in [2.45, 2.75) is 32.8 Å². The Labute approximate surface area is 153 Å². The Morgan fingerprint density at radius 1 is 1.31 bits per heavy atom. The van der Waals surface area contributed by atoms with E-state index in [0.29, 0.717) is 24.6 Å². The number of benzene rings is 2. The van der Waals surface area contributed by atoms with Crippen molar-refractivity contribution in [1.82, 2.24) is 0 Å². The van der Waals surface area contributed by atoms with Crippen molar-refractivity contribution in [1.29, 1.82) is 0 Å². The second-order valence-corrected chi connectivity index (χ2v) is 6.87. The second-order valence-electron chi connectivity index (χ2n) is 6.87. The lowest BCUT2D eigenvalue weighted by Crippen LogP contribution is -2.32. The van der Waals surface area contributed by atoms with E-state index in [1.807, 2.05) is 38.1 Å². The summed E-state index contributed by atoms with van der Waals surface area (Å²) in [5, 5.41) is 3.01. The lowest BCUT2D eigenvalue weighted by atomic mass is 10.1. The van der Waals surface area contributed by atoms with Crippen LogP contribution < -0.4 is 19.7 Å². The molecule has 0 radical (unpaired) electrons. The highest BCUT2D eigenvalue weighted by Crippen LogP contribution is 2.38. The van der Waals surface area contributed by atoms with Crippen LogP contribution in [0.3, 0.4) is 0 Å². The summed E-state index contributed by atoms with van der Waals surface area (Å²) in [7, 11) is 0. The highest BCUT2D eigenvalue weighted by molar-refractivity contribution is 5.96. The average molecular weight is 352 g/mol. The van der Waals surface area contributed by atoms with Crippen molar-refractivity contribution in [3.8, 4) is 11.5 Å². The van der Waals surface area contributed by atoms with Crippen LogP contribution in [0.1, 0.15) is 25.0 Å². The van der Waals surface area contributed by atoms with E-state index in [2.05, 4.69) is 22.3 Å². The van der Waals surface area contributed by atoms with Gasteiger partial charge in [-0.25, -0.2) is 0 Å². The zero-order valence-corrected chi connectivity index (χ0v) is 15.2. The normalized spacial score (nSPS) is 17.5. The Balaban J connectivity index is 1.50. The molecule has 0 fully saturated rings. The first kappa shape index (κ1) is 16.8. The molecule has 1 amide bonds. The van der Waals surface area contributed by atoms with Crippen molar-refractivity contribution in [2.75, 3.05) is 29.9 Å². The first-order chi connectivity index (χ1) is 12.6. The number of hydrogen-bond acceptors (Lipinski definition) is 4. The Kier molecular flexibility index (Phi) is 4.45. The molecule has 2 aromatic rings. The lowest BCUT2D eigenvalue weighted by molar-refractivity contribution is -0.115. The van der Waals surface area contributed by atoms with Crippen molar-refractivity contribution in [3.63, 3.8) is 0 Å². The number of fused-ring (bicyclic) bond motifs is 2. The largest absolute Gasteiger partial charge is 0.492 e. The zero-order chi connectivity index (χ0) is 18.1. The van der Waals surface area contributed by atoms with E-state index < -0.39 is 0 Å². The third-order valence-electron chi connectivity index (χ3n) is 4.89. The van der Waals surface area contributed by atoms with Crippen LogP contribution in [0.2, 0.25) is 0 Å². The van der Waals surface area contributed by atoms with Crippen molar-refractivity contribution in [2.24, 2.45) is 0 Å². The molecule has 1 unspecified atom stereocenters. The van der Waals surface area contributed by atoms with Gasteiger partial charge in [-0.2, -0.15) is 0 Å². The number of amides is 1. The summed E-state index contributed by atoms with van der Waals surface area (Å²) in [6.45, 7) is 5.74. The number of nitrogens with one attached hydrogen (secondary N) is 1. The molecule has 0 saturated carbocycles. The Morgan fingerprint density at radius 3 is 3.00 bits per heavy atom. The highest BCUT2D eigenvalue weighted by atomic mass is 16.5. The zero-order valence-electron chi connectivity index (χ0n) is 15.2. The minimum absolute atomic E-state index is 0.0475. The maximum absolute atomic E-state index is 12.7. The molecule has 0 aromatic heterocycles. The quantitative estimate of drug-likeness (QED) is 0.896. The van der Waals surface area contributed by atoms with Crippen LogP contribution in [0.25, 0.3) is 0 Å².